The molecule has 1 aliphatic carbocycles. The number of nitrogens with zero attached hydrogens (tertiary/aromatic N) is 1. The van der Waals surface area contributed by atoms with Crippen LogP contribution in [0, 0.1) is 5.41 Å². The molecule has 0 aromatic heterocycles. The fourth-order valence-corrected chi connectivity index (χ4v) is 5.11. The Labute approximate surface area is 169 Å². The molecule has 0 saturated carbocycles. The van der Waals surface area contributed by atoms with E-state index < -0.39 is 16.2 Å². The fraction of sp³-hybridized carbons (Fsp3) is 0.667. The van der Waals surface area contributed by atoms with Gasteiger partial charge >= 0.3 is 6.16 Å². The molecule has 0 fully saturated rings. The number of carbonyl (C=O) groups excluding carboxylic acids is 1. The summed E-state index contributed by atoms with van der Waals surface area (Å²) in [5.74, 6) is 0.446. The van der Waals surface area contributed by atoms with Crippen LogP contribution in [0.15, 0.2) is 18.2 Å². The van der Waals surface area contributed by atoms with Crippen LogP contribution in [0.1, 0.15) is 70.0 Å². The van der Waals surface area contributed by atoms with E-state index in [2.05, 4.69) is 25.5 Å². The van der Waals surface area contributed by atoms with Crippen molar-refractivity contribution in [1.29, 1.82) is 0 Å². The smallest absolute Gasteiger partial charge is 0.437 e. The first-order valence-corrected chi connectivity index (χ1v) is 11.8. The van der Waals surface area contributed by atoms with Gasteiger partial charge in [0.1, 0.15) is 5.75 Å². The van der Waals surface area contributed by atoms with E-state index in [1.54, 1.807) is 16.4 Å². The van der Waals surface area contributed by atoms with E-state index in [4.69, 9.17) is 4.74 Å². The number of sulfonamides is 1. The summed E-state index contributed by atoms with van der Waals surface area (Å²) in [4.78, 5) is 11.7. The molecule has 0 N–H and O–H groups in total. The minimum atomic E-state index is -3.38. The van der Waals surface area contributed by atoms with Crippen molar-refractivity contribution < 1.29 is 22.7 Å². The Balaban J connectivity index is 2.43. The molecule has 0 aliphatic heterocycles. The van der Waals surface area contributed by atoms with Gasteiger partial charge in [0.15, 0.2) is 0 Å². The van der Waals surface area contributed by atoms with Crippen molar-refractivity contribution >= 4 is 16.2 Å². The van der Waals surface area contributed by atoms with E-state index >= 15 is 0 Å². The van der Waals surface area contributed by atoms with Crippen LogP contribution in [0.5, 0.6) is 5.75 Å². The fourth-order valence-electron chi connectivity index (χ4n) is 4.00. The van der Waals surface area contributed by atoms with Crippen LogP contribution in [0.25, 0.3) is 0 Å². The first-order chi connectivity index (χ1) is 13.1. The SMILES string of the molecule is CCCCCCN(C1CC(C)(C)Cc2c(OC(=O)OC)cccc21)S(C)(=O)=O. The third-order valence-corrected chi connectivity index (χ3v) is 6.58. The van der Waals surface area contributed by atoms with Crippen LogP contribution in [0.4, 0.5) is 4.79 Å². The maximum atomic E-state index is 12.6. The molecule has 2 rings (SSSR count). The maximum Gasteiger partial charge on any atom is 0.513 e. The lowest BCUT2D eigenvalue weighted by Crippen LogP contribution is -2.40. The van der Waals surface area contributed by atoms with Crippen LogP contribution in [0.3, 0.4) is 0 Å². The summed E-state index contributed by atoms with van der Waals surface area (Å²) in [6, 6.07) is 5.22. The van der Waals surface area contributed by atoms with Gasteiger partial charge in [-0.2, -0.15) is 4.31 Å². The Morgan fingerprint density at radius 2 is 1.96 bits per heavy atom. The molecule has 0 saturated heterocycles. The molecule has 28 heavy (non-hydrogen) atoms. The van der Waals surface area contributed by atoms with Gasteiger partial charge in [0.05, 0.1) is 19.4 Å². The highest BCUT2D eigenvalue weighted by atomic mass is 32.2. The van der Waals surface area contributed by atoms with E-state index in [0.717, 1.165) is 43.2 Å². The number of unbranched alkanes of at least 4 members (excludes halogenated alkanes) is 3. The normalized spacial score (nSPS) is 18.6. The Morgan fingerprint density at radius 1 is 1.25 bits per heavy atom. The Kier molecular flexibility index (Phi) is 7.51. The number of carbonyl (C=O) groups is 1. The quantitative estimate of drug-likeness (QED) is 0.353. The highest BCUT2D eigenvalue weighted by Crippen LogP contribution is 2.47. The standard InChI is InChI=1S/C21H33NO5S/c1-6-7-8-9-13-22(28(5,24)25)18-15-21(2,3)14-17-16(18)11-10-12-19(17)27-20(23)26-4/h10-12,18H,6-9,13-15H2,1-5H3. The van der Waals surface area contributed by atoms with Gasteiger partial charge in [-0.3, -0.25) is 0 Å². The van der Waals surface area contributed by atoms with E-state index in [1.807, 2.05) is 6.07 Å². The molecule has 0 heterocycles. The van der Waals surface area contributed by atoms with Crippen molar-refractivity contribution in [2.24, 2.45) is 5.41 Å². The molecule has 1 aliphatic rings. The molecular weight excluding hydrogens is 378 g/mol. The van der Waals surface area contributed by atoms with E-state index in [-0.39, 0.29) is 11.5 Å². The minimum absolute atomic E-state index is 0.125. The summed E-state index contributed by atoms with van der Waals surface area (Å²) in [6.45, 7) is 6.88. The van der Waals surface area contributed by atoms with Gasteiger partial charge in [-0.1, -0.05) is 52.2 Å². The second kappa shape index (κ2) is 9.27. The lowest BCUT2D eigenvalue weighted by Gasteiger charge is -2.42. The number of hydrogen-bond acceptors (Lipinski definition) is 5. The number of benzene rings is 1. The zero-order valence-electron chi connectivity index (χ0n) is 17.7. The van der Waals surface area contributed by atoms with E-state index in [9.17, 15) is 13.2 Å². The van der Waals surface area contributed by atoms with Crippen molar-refractivity contribution in [2.75, 3.05) is 19.9 Å². The van der Waals surface area contributed by atoms with Crippen LogP contribution >= 0.6 is 0 Å². The maximum absolute atomic E-state index is 12.6. The first-order valence-electron chi connectivity index (χ1n) is 9.93. The number of methoxy groups -OCH3 is 1. The Morgan fingerprint density at radius 3 is 2.57 bits per heavy atom. The molecule has 0 spiro atoms. The van der Waals surface area contributed by atoms with E-state index in [0.29, 0.717) is 18.7 Å². The molecule has 1 aromatic rings. The summed E-state index contributed by atoms with van der Waals surface area (Å²) in [5.41, 5.74) is 1.68. The topological polar surface area (TPSA) is 72.9 Å². The molecule has 0 amide bonds. The third-order valence-electron chi connectivity index (χ3n) is 5.30. The van der Waals surface area contributed by atoms with Crippen molar-refractivity contribution in [2.45, 2.75) is 65.3 Å². The van der Waals surface area contributed by atoms with Gasteiger partial charge < -0.3 is 9.47 Å². The van der Waals surface area contributed by atoms with Crippen molar-refractivity contribution in [1.82, 2.24) is 4.31 Å². The number of hydrogen-bond donors (Lipinski definition) is 0. The molecular formula is C21H33NO5S. The highest BCUT2D eigenvalue weighted by molar-refractivity contribution is 7.88. The largest absolute Gasteiger partial charge is 0.513 e. The van der Waals surface area contributed by atoms with Crippen molar-refractivity contribution in [3.63, 3.8) is 0 Å². The summed E-state index contributed by atoms with van der Waals surface area (Å²) in [7, 11) is -2.11. The predicted octanol–water partition coefficient (Wildman–Crippen LogP) is 4.69. The van der Waals surface area contributed by atoms with Gasteiger partial charge in [-0.15, -0.1) is 0 Å². The summed E-state index contributed by atoms with van der Waals surface area (Å²) in [6.07, 6.45) is 5.99. The summed E-state index contributed by atoms with van der Waals surface area (Å²) in [5, 5.41) is 0. The van der Waals surface area contributed by atoms with Crippen LogP contribution in [-0.2, 0) is 21.2 Å². The predicted molar refractivity (Wildman–Crippen MR) is 110 cm³/mol. The highest BCUT2D eigenvalue weighted by Gasteiger charge is 2.39. The number of rotatable bonds is 8. The molecule has 1 unspecified atom stereocenters. The summed E-state index contributed by atoms with van der Waals surface area (Å²) < 4.78 is 36.9. The van der Waals surface area contributed by atoms with Gasteiger partial charge in [-0.25, -0.2) is 13.2 Å². The number of fused-ring (bicyclic) bond motifs is 1. The van der Waals surface area contributed by atoms with Crippen molar-refractivity contribution in [3.05, 3.63) is 29.3 Å². The van der Waals surface area contributed by atoms with Crippen LogP contribution < -0.4 is 4.74 Å². The van der Waals surface area contributed by atoms with Gasteiger partial charge in [-0.05, 0) is 36.3 Å². The average molecular weight is 412 g/mol. The molecule has 0 bridgehead atoms. The molecule has 7 heteroatoms. The third kappa shape index (κ3) is 5.70. The number of ether oxygens (including phenoxy) is 2. The van der Waals surface area contributed by atoms with Gasteiger partial charge in [0, 0.05) is 12.1 Å². The first kappa shape index (κ1) is 22.7. The average Bonchev–Trinajstić information content (AvgIpc) is 2.60. The zero-order chi connectivity index (χ0) is 20.9. The van der Waals surface area contributed by atoms with Gasteiger partial charge in [0.2, 0.25) is 10.0 Å². The molecule has 158 valence electrons. The second-order valence-electron chi connectivity index (χ2n) is 8.38. The second-order valence-corrected chi connectivity index (χ2v) is 10.3. The molecule has 0 radical (unpaired) electrons. The Bertz CT molecular complexity index is 788. The molecule has 1 atom stereocenters. The Hall–Kier alpha value is -1.60. The lowest BCUT2D eigenvalue weighted by molar-refractivity contribution is 0.119. The van der Waals surface area contributed by atoms with Crippen LogP contribution in [0.2, 0.25) is 0 Å². The molecule has 1 aromatic carbocycles. The monoisotopic (exact) mass is 411 g/mol. The van der Waals surface area contributed by atoms with Crippen molar-refractivity contribution in [3.8, 4) is 5.75 Å². The minimum Gasteiger partial charge on any atom is -0.437 e. The summed E-state index contributed by atoms with van der Waals surface area (Å²) >= 11 is 0. The van der Waals surface area contributed by atoms with Crippen LogP contribution in [-0.4, -0.2) is 38.8 Å². The lowest BCUT2D eigenvalue weighted by atomic mass is 9.71. The van der Waals surface area contributed by atoms with Gasteiger partial charge in [0.25, 0.3) is 0 Å². The zero-order valence-corrected chi connectivity index (χ0v) is 18.5. The molecule has 6 nitrogen and oxygen atoms in total. The van der Waals surface area contributed by atoms with E-state index in [1.165, 1.54) is 13.4 Å².